The Kier molecular flexibility index (Phi) is 10.8. The van der Waals surface area contributed by atoms with Crippen molar-refractivity contribution in [3.63, 3.8) is 0 Å². The van der Waals surface area contributed by atoms with E-state index in [2.05, 4.69) is 23.3 Å². The summed E-state index contributed by atoms with van der Waals surface area (Å²) in [7, 11) is -4.34. The number of hydrogen-bond donors (Lipinski definition) is 3. The average molecular weight is 717 g/mol. The Morgan fingerprint density at radius 1 is 1.20 bits per heavy atom. The molecule has 50 heavy (non-hydrogen) atoms. The zero-order valence-electron chi connectivity index (χ0n) is 30.2. The molecule has 1 aromatic carbocycles. The predicted molar refractivity (Wildman–Crippen MR) is 186 cm³/mol. The highest BCUT2D eigenvalue weighted by Crippen LogP contribution is 2.70. The number of benzene rings is 1. The number of rotatable bonds is 6. The van der Waals surface area contributed by atoms with E-state index in [-0.39, 0.29) is 38.0 Å². The Balaban J connectivity index is 1.46. The first kappa shape index (κ1) is 37.8. The summed E-state index contributed by atoms with van der Waals surface area (Å²) in [6, 6.07) is 3.82. The van der Waals surface area contributed by atoms with Gasteiger partial charge in [0.1, 0.15) is 23.5 Å². The molecule has 3 N–H and O–H groups in total. The normalized spacial score (nSPS) is 30.0. The van der Waals surface area contributed by atoms with Gasteiger partial charge in [0.15, 0.2) is 0 Å². The summed E-state index contributed by atoms with van der Waals surface area (Å²) in [6.07, 6.45) is 2.94. The number of nitrogens with zero attached hydrogens (tertiary/aromatic N) is 2. The fraction of sp³-hybridized carbons (Fsp3) is 0.667. The number of carbonyl (C=O) groups is 4. The van der Waals surface area contributed by atoms with Crippen molar-refractivity contribution in [3.8, 4) is 0 Å². The quantitative estimate of drug-likeness (QED) is 0.264. The third-order valence-electron chi connectivity index (χ3n) is 10.4. The second-order valence-corrected chi connectivity index (χ2v) is 18.0. The molecule has 3 heterocycles. The van der Waals surface area contributed by atoms with E-state index >= 15 is 0 Å². The van der Waals surface area contributed by atoms with Gasteiger partial charge in [0.25, 0.3) is 0 Å². The number of amides is 4. The summed E-state index contributed by atoms with van der Waals surface area (Å²) >= 11 is 0. The molecule has 0 spiro atoms. The molecular weight excluding hydrogens is 663 g/mol. The van der Waals surface area contributed by atoms with E-state index in [0.29, 0.717) is 13.1 Å². The van der Waals surface area contributed by atoms with E-state index in [4.69, 9.17) is 14.0 Å². The number of hydrogen-bond acceptors (Lipinski definition) is 8. The highest BCUT2D eigenvalue weighted by molar-refractivity contribution is 7.55. The van der Waals surface area contributed by atoms with Crippen molar-refractivity contribution < 1.29 is 42.6 Å². The summed E-state index contributed by atoms with van der Waals surface area (Å²) in [6.45, 7) is 15.5. The van der Waals surface area contributed by atoms with E-state index in [9.17, 15) is 28.6 Å². The smallest absolute Gasteiger partial charge is 0.410 e. The van der Waals surface area contributed by atoms with Gasteiger partial charge in [0.05, 0.1) is 19.8 Å². The first-order chi connectivity index (χ1) is 23.4. The molecule has 1 saturated heterocycles. The molecule has 6 atom stereocenters. The topological polar surface area (TPSA) is 164 Å². The Hall–Kier alpha value is -3.41. The van der Waals surface area contributed by atoms with E-state index < -0.39 is 66.4 Å². The van der Waals surface area contributed by atoms with Gasteiger partial charge in [-0.1, -0.05) is 65.3 Å². The Morgan fingerprint density at radius 2 is 1.92 bits per heavy atom. The number of aryl methyl sites for hydroxylation is 1. The standard InChI is InChI=1S/C36H53N4O9P/c1-8-25-18-36(25,50(45,46)48-9-2)38-30(41)28-17-26-20-40(28)31(42)29(34(3,4)5)37-32(43)47-22-35(6,7)16-11-10-13-23-14-12-15-24-19-39(21-27(23)24)33(44)49-26/h8,12,14-15,25-26,28-29H,1,9-11,13,16-22H2,2-7H3,(H,37,43)(H,38,41)(H,45,46)/t25-,26+,28-,29+,36-/m0/s1. The van der Waals surface area contributed by atoms with Crippen LogP contribution in [-0.4, -0.2) is 81.9 Å². The van der Waals surface area contributed by atoms with Crippen LogP contribution in [0.1, 0.15) is 90.3 Å². The summed E-state index contributed by atoms with van der Waals surface area (Å²) < 4.78 is 30.2. The largest absolute Gasteiger partial charge is 0.449 e. The van der Waals surface area contributed by atoms with Crippen LogP contribution >= 0.6 is 7.60 Å². The average Bonchev–Trinajstić information content (AvgIpc) is 3.35. The number of ether oxygens (including phenoxy) is 2. The lowest BCUT2D eigenvalue weighted by molar-refractivity contribution is -0.142. The van der Waals surface area contributed by atoms with Crippen molar-refractivity contribution in [2.45, 2.75) is 117 Å². The van der Waals surface area contributed by atoms with Crippen LogP contribution in [0.25, 0.3) is 0 Å². The molecule has 276 valence electrons. The van der Waals surface area contributed by atoms with Crippen molar-refractivity contribution in [3.05, 3.63) is 47.5 Å². The van der Waals surface area contributed by atoms with E-state index in [0.717, 1.165) is 36.8 Å². The molecule has 13 nitrogen and oxygen atoms in total. The zero-order valence-corrected chi connectivity index (χ0v) is 31.1. The van der Waals surface area contributed by atoms with E-state index in [1.165, 1.54) is 16.5 Å². The molecule has 5 rings (SSSR count). The van der Waals surface area contributed by atoms with Gasteiger partial charge in [-0.15, -0.1) is 6.58 Å². The van der Waals surface area contributed by atoms with Crippen LogP contribution < -0.4 is 10.6 Å². The molecule has 1 aliphatic carbocycles. The second kappa shape index (κ2) is 14.3. The number of cyclic esters (lactones) is 1. The molecule has 3 aliphatic heterocycles. The molecule has 4 amide bonds. The highest BCUT2D eigenvalue weighted by atomic mass is 31.2. The number of fused-ring (bicyclic) bond motifs is 3. The zero-order chi connectivity index (χ0) is 36.6. The van der Waals surface area contributed by atoms with Gasteiger partial charge in [-0.05, 0) is 60.1 Å². The molecule has 1 unspecified atom stereocenters. The number of alkyl carbamates (subject to hydrolysis) is 1. The Bertz CT molecular complexity index is 1560. The first-order valence-electron chi connectivity index (χ1n) is 17.6. The fourth-order valence-corrected chi connectivity index (χ4v) is 9.14. The maximum absolute atomic E-state index is 14.4. The summed E-state index contributed by atoms with van der Waals surface area (Å²) in [5.41, 5.74) is 2.24. The van der Waals surface area contributed by atoms with Gasteiger partial charge in [0, 0.05) is 25.4 Å². The highest BCUT2D eigenvalue weighted by Gasteiger charge is 2.67. The molecule has 4 bridgehead atoms. The van der Waals surface area contributed by atoms with E-state index in [1.807, 2.05) is 26.0 Å². The van der Waals surface area contributed by atoms with Gasteiger partial charge in [-0.25, -0.2) is 9.59 Å². The van der Waals surface area contributed by atoms with Crippen molar-refractivity contribution in [1.82, 2.24) is 20.4 Å². The maximum Gasteiger partial charge on any atom is 0.410 e. The van der Waals surface area contributed by atoms with Crippen LogP contribution in [0.5, 0.6) is 0 Å². The molecule has 0 radical (unpaired) electrons. The number of carbonyl (C=O) groups excluding carboxylic acids is 4. The molecule has 14 heteroatoms. The molecule has 2 fully saturated rings. The molecule has 1 aromatic rings. The van der Waals surface area contributed by atoms with Crippen molar-refractivity contribution in [1.29, 1.82) is 0 Å². The van der Waals surface area contributed by atoms with Gasteiger partial charge < -0.3 is 34.4 Å². The Labute approximate surface area is 295 Å². The van der Waals surface area contributed by atoms with Gasteiger partial charge in [-0.2, -0.15) is 0 Å². The van der Waals surface area contributed by atoms with Gasteiger partial charge in [0.2, 0.25) is 11.8 Å². The van der Waals surface area contributed by atoms with Crippen molar-refractivity contribution in [2.24, 2.45) is 16.7 Å². The van der Waals surface area contributed by atoms with Crippen LogP contribution in [0.2, 0.25) is 0 Å². The van der Waals surface area contributed by atoms with Crippen LogP contribution in [-0.2, 0) is 47.7 Å². The van der Waals surface area contributed by atoms with Gasteiger partial charge in [-0.3, -0.25) is 19.1 Å². The molecule has 4 aliphatic rings. The van der Waals surface area contributed by atoms with Gasteiger partial charge >= 0.3 is 19.8 Å². The summed E-state index contributed by atoms with van der Waals surface area (Å²) in [5, 5.41) is 3.89. The second-order valence-electron chi connectivity index (χ2n) is 15.9. The third kappa shape index (κ3) is 7.90. The molecular formula is C36H53N4O9P. The fourth-order valence-electron chi connectivity index (χ4n) is 7.35. The lowest BCUT2D eigenvalue weighted by Gasteiger charge is -2.36. The number of nitrogens with one attached hydrogen (secondary N) is 2. The third-order valence-corrected chi connectivity index (χ3v) is 12.6. The summed E-state index contributed by atoms with van der Waals surface area (Å²) in [4.78, 5) is 69.1. The minimum atomic E-state index is -4.34. The summed E-state index contributed by atoms with van der Waals surface area (Å²) in [5.74, 6) is -1.78. The molecule has 0 aromatic heterocycles. The van der Waals surface area contributed by atoms with Crippen LogP contribution in [0.4, 0.5) is 9.59 Å². The van der Waals surface area contributed by atoms with E-state index in [1.54, 1.807) is 32.6 Å². The van der Waals surface area contributed by atoms with Crippen molar-refractivity contribution in [2.75, 3.05) is 19.8 Å². The maximum atomic E-state index is 14.4. The lowest BCUT2D eigenvalue weighted by atomic mass is 9.85. The van der Waals surface area contributed by atoms with Crippen LogP contribution in [0, 0.1) is 16.7 Å². The van der Waals surface area contributed by atoms with Crippen LogP contribution in [0.3, 0.4) is 0 Å². The lowest BCUT2D eigenvalue weighted by Crippen LogP contribution is -2.58. The molecule has 1 saturated carbocycles. The van der Waals surface area contributed by atoms with Crippen LogP contribution in [0.15, 0.2) is 30.9 Å². The predicted octanol–water partition coefficient (Wildman–Crippen LogP) is 5.24. The first-order valence-corrected chi connectivity index (χ1v) is 19.2. The minimum Gasteiger partial charge on any atom is -0.449 e. The SMILES string of the molecule is C=C[C@H]1C[C@]1(NC(=O)[C@@H]1C[C@@H]2CN1C(=O)[C@H](C(C)(C)C)NC(=O)OCC(C)(C)CCCCc1cccc3c1CN(C3)C(=O)O2)P(=O)(O)OCC. The van der Waals surface area contributed by atoms with Crippen molar-refractivity contribution >= 4 is 31.6 Å². The monoisotopic (exact) mass is 716 g/mol. The Morgan fingerprint density at radius 3 is 2.58 bits per heavy atom. The minimum absolute atomic E-state index is 0.0462.